The number of aliphatic carboxylic acids is 1. The van der Waals surface area contributed by atoms with Crippen LogP contribution in [0.5, 0.6) is 11.5 Å². The quantitative estimate of drug-likeness (QED) is 0.593. The van der Waals surface area contributed by atoms with Crippen molar-refractivity contribution in [3.8, 4) is 23.3 Å². The fraction of sp³-hybridized carbons (Fsp3) is 0.348. The summed E-state index contributed by atoms with van der Waals surface area (Å²) in [5, 5.41) is 9.70. The fourth-order valence-corrected chi connectivity index (χ4v) is 3.11. The number of carbonyl (C=O) groups is 1. The smallest absolute Gasteiger partial charge is 0.304 e. The minimum atomic E-state index is -0.858. The average molecular weight is 399 g/mol. The molecule has 0 aliphatic heterocycles. The Labute approximate surface area is 170 Å². The molecule has 146 valence electrons. The molecule has 28 heavy (non-hydrogen) atoms. The van der Waals surface area contributed by atoms with E-state index in [0.717, 1.165) is 29.9 Å². The zero-order valence-corrected chi connectivity index (χ0v) is 16.5. The molecule has 1 N–H and O–H groups in total. The second-order valence-corrected chi connectivity index (χ2v) is 7.58. The molecule has 0 aromatic heterocycles. The lowest BCUT2D eigenvalue weighted by atomic mass is 9.96. The third kappa shape index (κ3) is 5.68. The molecule has 0 heterocycles. The molecule has 0 saturated heterocycles. The summed E-state index contributed by atoms with van der Waals surface area (Å²) in [6.45, 7) is 2.89. The molecular weight excluding hydrogens is 376 g/mol. The van der Waals surface area contributed by atoms with Crippen molar-refractivity contribution in [3.63, 3.8) is 0 Å². The monoisotopic (exact) mass is 398 g/mol. The van der Waals surface area contributed by atoms with Crippen molar-refractivity contribution in [3.05, 3.63) is 59.1 Å². The minimum absolute atomic E-state index is 0.00893. The third-order valence-electron chi connectivity index (χ3n) is 4.82. The lowest BCUT2D eigenvalue weighted by molar-refractivity contribution is -0.137. The van der Waals surface area contributed by atoms with E-state index in [4.69, 9.17) is 26.2 Å². The molecule has 2 aromatic carbocycles. The maximum Gasteiger partial charge on any atom is 0.304 e. The third-order valence-corrected chi connectivity index (χ3v) is 5.06. The standard InChI is InChI=1S/C23H23ClO4/c1-2-4-18(13-22(25)26)17-7-9-20(10-8-17)27-15-23(11-12-23)16-28-21-6-3-5-19(24)14-21/h3,5-10,14,18H,11-13,15-16H2,1H3,(H,25,26). The van der Waals surface area contributed by atoms with Crippen molar-refractivity contribution in [2.24, 2.45) is 5.41 Å². The van der Waals surface area contributed by atoms with Gasteiger partial charge in [-0.2, -0.15) is 0 Å². The summed E-state index contributed by atoms with van der Waals surface area (Å²) in [4.78, 5) is 11.0. The van der Waals surface area contributed by atoms with E-state index >= 15 is 0 Å². The molecule has 1 aliphatic rings. The number of benzene rings is 2. The Balaban J connectivity index is 1.54. The van der Waals surface area contributed by atoms with Crippen molar-refractivity contribution in [1.29, 1.82) is 0 Å². The summed E-state index contributed by atoms with van der Waals surface area (Å²) in [7, 11) is 0. The van der Waals surface area contributed by atoms with Crippen LogP contribution < -0.4 is 9.47 Å². The van der Waals surface area contributed by atoms with E-state index in [1.54, 1.807) is 6.92 Å². The molecule has 1 aliphatic carbocycles. The molecule has 0 amide bonds. The highest BCUT2D eigenvalue weighted by molar-refractivity contribution is 6.30. The summed E-state index contributed by atoms with van der Waals surface area (Å²) in [6.07, 6.45) is 2.13. The van der Waals surface area contributed by atoms with E-state index in [1.165, 1.54) is 0 Å². The largest absolute Gasteiger partial charge is 0.493 e. The van der Waals surface area contributed by atoms with Crippen LogP contribution in [0.15, 0.2) is 48.5 Å². The van der Waals surface area contributed by atoms with E-state index in [9.17, 15) is 4.79 Å². The number of carboxylic acids is 1. The van der Waals surface area contributed by atoms with Crippen LogP contribution in [0.2, 0.25) is 5.02 Å². The highest BCUT2D eigenvalue weighted by atomic mass is 35.5. The van der Waals surface area contributed by atoms with Gasteiger partial charge in [0.2, 0.25) is 0 Å². The van der Waals surface area contributed by atoms with Gasteiger partial charge in [-0.15, -0.1) is 5.92 Å². The van der Waals surface area contributed by atoms with E-state index < -0.39 is 5.97 Å². The maximum absolute atomic E-state index is 11.0. The minimum Gasteiger partial charge on any atom is -0.493 e. The molecule has 0 radical (unpaired) electrons. The highest BCUT2D eigenvalue weighted by Crippen LogP contribution is 2.46. The van der Waals surface area contributed by atoms with Gasteiger partial charge in [-0.25, -0.2) is 0 Å². The molecule has 1 fully saturated rings. The van der Waals surface area contributed by atoms with Crippen LogP contribution in [0.25, 0.3) is 0 Å². The number of carboxylic acid groups (broad SMARTS) is 1. The molecule has 1 unspecified atom stereocenters. The van der Waals surface area contributed by atoms with Crippen LogP contribution in [0.4, 0.5) is 0 Å². The molecule has 3 rings (SSSR count). The molecule has 1 saturated carbocycles. The van der Waals surface area contributed by atoms with Gasteiger partial charge in [0.25, 0.3) is 0 Å². The lowest BCUT2D eigenvalue weighted by Gasteiger charge is -2.18. The van der Waals surface area contributed by atoms with Gasteiger partial charge in [0.05, 0.1) is 25.6 Å². The fourth-order valence-electron chi connectivity index (χ4n) is 2.93. The summed E-state index contributed by atoms with van der Waals surface area (Å²) in [5.74, 6) is 6.12. The highest BCUT2D eigenvalue weighted by Gasteiger charge is 2.44. The van der Waals surface area contributed by atoms with Crippen LogP contribution >= 0.6 is 11.6 Å². The van der Waals surface area contributed by atoms with Crippen molar-refractivity contribution in [1.82, 2.24) is 0 Å². The molecule has 2 aromatic rings. The van der Waals surface area contributed by atoms with Crippen LogP contribution in [-0.2, 0) is 4.79 Å². The van der Waals surface area contributed by atoms with Crippen molar-refractivity contribution in [2.75, 3.05) is 13.2 Å². The van der Waals surface area contributed by atoms with Gasteiger partial charge < -0.3 is 14.6 Å². The van der Waals surface area contributed by atoms with Crippen molar-refractivity contribution in [2.45, 2.75) is 32.1 Å². The predicted octanol–water partition coefficient (Wildman–Crippen LogP) is 5.16. The molecular formula is C23H23ClO4. The van der Waals surface area contributed by atoms with Gasteiger partial charge in [-0.05, 0) is 55.7 Å². The number of ether oxygens (including phenoxy) is 2. The predicted molar refractivity (Wildman–Crippen MR) is 109 cm³/mol. The molecule has 0 bridgehead atoms. The Bertz CT molecular complexity index is 875. The van der Waals surface area contributed by atoms with Crippen molar-refractivity contribution < 1.29 is 19.4 Å². The van der Waals surface area contributed by atoms with Crippen LogP contribution in [-0.4, -0.2) is 24.3 Å². The lowest BCUT2D eigenvalue weighted by Crippen LogP contribution is -2.21. The molecule has 5 heteroatoms. The van der Waals surface area contributed by atoms with Crippen LogP contribution in [0.3, 0.4) is 0 Å². The SMILES string of the molecule is CC#CC(CC(=O)O)c1ccc(OCC2(COc3cccc(Cl)c3)CC2)cc1. The van der Waals surface area contributed by atoms with Gasteiger partial charge in [-0.3, -0.25) is 4.79 Å². The van der Waals surface area contributed by atoms with Crippen molar-refractivity contribution >= 4 is 17.6 Å². The van der Waals surface area contributed by atoms with Crippen LogP contribution in [0, 0.1) is 17.3 Å². The van der Waals surface area contributed by atoms with E-state index in [1.807, 2.05) is 48.5 Å². The first-order chi connectivity index (χ1) is 13.5. The zero-order valence-electron chi connectivity index (χ0n) is 15.8. The Morgan fingerprint density at radius 1 is 1.14 bits per heavy atom. The van der Waals surface area contributed by atoms with Gasteiger partial charge in [0.15, 0.2) is 0 Å². The first-order valence-electron chi connectivity index (χ1n) is 9.25. The molecule has 0 spiro atoms. The summed E-state index contributed by atoms with van der Waals surface area (Å²) >= 11 is 5.99. The number of hydrogen-bond donors (Lipinski definition) is 1. The Hall–Kier alpha value is -2.64. The van der Waals surface area contributed by atoms with E-state index in [2.05, 4.69) is 11.8 Å². The van der Waals surface area contributed by atoms with Gasteiger partial charge in [0.1, 0.15) is 11.5 Å². The maximum atomic E-state index is 11.0. The summed E-state index contributed by atoms with van der Waals surface area (Å²) < 4.78 is 11.8. The van der Waals surface area contributed by atoms with Gasteiger partial charge in [-0.1, -0.05) is 35.7 Å². The average Bonchev–Trinajstić information content (AvgIpc) is 3.45. The number of halogens is 1. The summed E-state index contributed by atoms with van der Waals surface area (Å²) in [5.41, 5.74) is 0.926. The second kappa shape index (κ2) is 9.03. The Kier molecular flexibility index (Phi) is 6.49. The summed E-state index contributed by atoms with van der Waals surface area (Å²) in [6, 6.07) is 14.9. The first kappa shape index (κ1) is 20.1. The molecule has 1 atom stereocenters. The number of rotatable bonds is 9. The van der Waals surface area contributed by atoms with E-state index in [-0.39, 0.29) is 17.8 Å². The Morgan fingerprint density at radius 2 is 1.82 bits per heavy atom. The van der Waals surface area contributed by atoms with Gasteiger partial charge >= 0.3 is 5.97 Å². The zero-order chi connectivity index (χ0) is 20.0. The van der Waals surface area contributed by atoms with Crippen LogP contribution in [0.1, 0.15) is 37.7 Å². The van der Waals surface area contributed by atoms with E-state index in [0.29, 0.717) is 18.2 Å². The Morgan fingerprint density at radius 3 is 2.39 bits per heavy atom. The topological polar surface area (TPSA) is 55.8 Å². The van der Waals surface area contributed by atoms with Gasteiger partial charge in [0, 0.05) is 10.4 Å². The number of hydrogen-bond acceptors (Lipinski definition) is 3. The molecule has 4 nitrogen and oxygen atoms in total. The second-order valence-electron chi connectivity index (χ2n) is 7.15. The first-order valence-corrected chi connectivity index (χ1v) is 9.63. The normalized spacial score (nSPS) is 15.1.